The minimum atomic E-state index is -0.187. The second-order valence-corrected chi connectivity index (χ2v) is 7.76. The van der Waals surface area contributed by atoms with Crippen LogP contribution in [0.1, 0.15) is 5.56 Å². The summed E-state index contributed by atoms with van der Waals surface area (Å²) in [4.78, 5) is 13.3. The van der Waals surface area contributed by atoms with E-state index >= 15 is 0 Å². The minimum Gasteiger partial charge on any atom is -0.366 e. The maximum atomic E-state index is 14.1. The number of halogens is 2. The van der Waals surface area contributed by atoms with Gasteiger partial charge in [-0.15, -0.1) is 0 Å². The van der Waals surface area contributed by atoms with Crippen molar-refractivity contribution in [2.45, 2.75) is 6.92 Å². The fourth-order valence-corrected chi connectivity index (χ4v) is 4.03. The zero-order chi connectivity index (χ0) is 20.7. The van der Waals surface area contributed by atoms with Crippen LogP contribution in [0.2, 0.25) is 5.02 Å². The molecule has 1 saturated heterocycles. The van der Waals surface area contributed by atoms with Crippen LogP contribution in [0.5, 0.6) is 0 Å². The van der Waals surface area contributed by atoms with Gasteiger partial charge in [0.05, 0.1) is 23.0 Å². The van der Waals surface area contributed by atoms with Crippen molar-refractivity contribution in [3.05, 3.63) is 71.4 Å². The number of aryl methyl sites for hydroxylation is 1. The smallest absolute Gasteiger partial charge is 0.168 e. The van der Waals surface area contributed by atoms with Gasteiger partial charge in [-0.05, 0) is 36.8 Å². The number of anilines is 2. The van der Waals surface area contributed by atoms with E-state index in [4.69, 9.17) is 11.6 Å². The number of nitrogens with zero attached hydrogens (tertiary/aromatic N) is 6. The van der Waals surface area contributed by atoms with Gasteiger partial charge in [-0.2, -0.15) is 5.10 Å². The van der Waals surface area contributed by atoms with Crippen molar-refractivity contribution in [2.75, 3.05) is 36.0 Å². The summed E-state index contributed by atoms with van der Waals surface area (Å²) in [5.74, 6) is 0.658. The van der Waals surface area contributed by atoms with Crippen LogP contribution < -0.4 is 9.80 Å². The molecule has 2 aromatic heterocycles. The fourth-order valence-electron chi connectivity index (χ4n) is 3.85. The molecule has 4 aromatic rings. The molecule has 0 amide bonds. The summed E-state index contributed by atoms with van der Waals surface area (Å²) in [5.41, 5.74) is 3.25. The third-order valence-electron chi connectivity index (χ3n) is 5.52. The van der Waals surface area contributed by atoms with Gasteiger partial charge in [0.25, 0.3) is 0 Å². The molecule has 0 radical (unpaired) electrons. The molecule has 3 heterocycles. The summed E-state index contributed by atoms with van der Waals surface area (Å²) in [6.45, 7) is 4.88. The monoisotopic (exact) mass is 422 g/mol. The lowest BCUT2D eigenvalue weighted by Gasteiger charge is -2.36. The lowest BCUT2D eigenvalue weighted by atomic mass is 10.2. The molecule has 0 N–H and O–H groups in total. The first-order valence-electron chi connectivity index (χ1n) is 9.81. The topological polar surface area (TPSA) is 50.1 Å². The highest BCUT2D eigenvalue weighted by Gasteiger charge is 2.23. The molecule has 1 aliphatic heterocycles. The molecule has 0 unspecified atom stereocenters. The second kappa shape index (κ2) is 7.57. The molecule has 2 aromatic carbocycles. The normalized spacial score (nSPS) is 14.5. The third kappa shape index (κ3) is 3.25. The van der Waals surface area contributed by atoms with E-state index in [2.05, 4.69) is 24.9 Å². The van der Waals surface area contributed by atoms with Crippen LogP contribution in [0.3, 0.4) is 0 Å². The molecule has 0 bridgehead atoms. The Labute approximate surface area is 178 Å². The molecule has 8 heteroatoms. The molecular formula is C22H20ClFN6. The Morgan fingerprint density at radius 2 is 1.73 bits per heavy atom. The minimum absolute atomic E-state index is 0.187. The maximum Gasteiger partial charge on any atom is 0.168 e. The molecule has 1 aliphatic rings. The van der Waals surface area contributed by atoms with E-state index < -0.39 is 0 Å². The van der Waals surface area contributed by atoms with Crippen LogP contribution in [0.25, 0.3) is 16.7 Å². The van der Waals surface area contributed by atoms with Crippen LogP contribution in [-0.2, 0) is 0 Å². The Hall–Kier alpha value is -3.19. The van der Waals surface area contributed by atoms with Crippen LogP contribution in [-0.4, -0.2) is 45.9 Å². The molecule has 0 atom stereocenters. The summed E-state index contributed by atoms with van der Waals surface area (Å²) in [7, 11) is 0. The lowest BCUT2D eigenvalue weighted by molar-refractivity contribution is 0.596. The van der Waals surface area contributed by atoms with Crippen molar-refractivity contribution in [2.24, 2.45) is 0 Å². The highest BCUT2D eigenvalue weighted by molar-refractivity contribution is 6.31. The number of para-hydroxylation sites is 1. The lowest BCUT2D eigenvalue weighted by Crippen LogP contribution is -2.47. The van der Waals surface area contributed by atoms with Crippen molar-refractivity contribution >= 4 is 34.1 Å². The van der Waals surface area contributed by atoms with Crippen LogP contribution in [0, 0.1) is 12.7 Å². The summed E-state index contributed by atoms with van der Waals surface area (Å²) in [6, 6.07) is 12.7. The van der Waals surface area contributed by atoms with Crippen LogP contribution in [0.15, 0.2) is 55.0 Å². The number of fused-ring (bicyclic) bond motifs is 1. The summed E-state index contributed by atoms with van der Waals surface area (Å²) >= 11 is 6.30. The van der Waals surface area contributed by atoms with E-state index in [-0.39, 0.29) is 5.82 Å². The van der Waals surface area contributed by atoms with Gasteiger partial charge in [0, 0.05) is 31.2 Å². The Bertz CT molecular complexity index is 1220. The molecule has 152 valence electrons. The SMILES string of the molecule is Cc1ccc(-n2ncc3c(N4CCN(c5ccccc5F)CC4)ncnc32)cc1Cl. The van der Waals surface area contributed by atoms with E-state index in [0.29, 0.717) is 23.8 Å². The maximum absolute atomic E-state index is 14.1. The number of hydrogen-bond donors (Lipinski definition) is 0. The molecule has 5 rings (SSSR count). The average Bonchev–Trinajstić information content (AvgIpc) is 3.21. The fraction of sp³-hybridized carbons (Fsp3) is 0.227. The van der Waals surface area contributed by atoms with Crippen molar-refractivity contribution in [1.29, 1.82) is 0 Å². The zero-order valence-electron chi connectivity index (χ0n) is 16.5. The van der Waals surface area contributed by atoms with Gasteiger partial charge in [0.1, 0.15) is 18.0 Å². The Balaban J connectivity index is 1.43. The quantitative estimate of drug-likeness (QED) is 0.494. The summed E-state index contributed by atoms with van der Waals surface area (Å²) in [5, 5.41) is 6.11. The number of aromatic nitrogens is 4. The highest BCUT2D eigenvalue weighted by Crippen LogP contribution is 2.28. The average molecular weight is 423 g/mol. The van der Waals surface area contributed by atoms with Crippen molar-refractivity contribution in [1.82, 2.24) is 19.7 Å². The van der Waals surface area contributed by atoms with E-state index in [0.717, 1.165) is 41.2 Å². The highest BCUT2D eigenvalue weighted by atomic mass is 35.5. The van der Waals surface area contributed by atoms with E-state index in [1.54, 1.807) is 23.3 Å². The molecule has 0 saturated carbocycles. The van der Waals surface area contributed by atoms with Gasteiger partial charge < -0.3 is 9.80 Å². The van der Waals surface area contributed by atoms with Crippen molar-refractivity contribution in [3.63, 3.8) is 0 Å². The Kier molecular flexibility index (Phi) is 4.75. The van der Waals surface area contributed by atoms with Gasteiger partial charge in [-0.3, -0.25) is 0 Å². The predicted molar refractivity (Wildman–Crippen MR) is 117 cm³/mol. The van der Waals surface area contributed by atoms with E-state index in [1.807, 2.05) is 37.3 Å². The predicted octanol–water partition coefficient (Wildman–Crippen LogP) is 4.24. The van der Waals surface area contributed by atoms with E-state index in [1.165, 1.54) is 6.07 Å². The van der Waals surface area contributed by atoms with Crippen LogP contribution >= 0.6 is 11.6 Å². The standard InChI is InChI=1S/C22H20ClFN6/c1-15-6-7-16(12-18(15)23)30-22-17(13-27-30)21(25-14-26-22)29-10-8-28(9-11-29)20-5-3-2-4-19(20)24/h2-7,12-14H,8-11H2,1H3. The van der Waals surface area contributed by atoms with Crippen molar-refractivity contribution < 1.29 is 4.39 Å². The molecule has 30 heavy (non-hydrogen) atoms. The summed E-state index contributed by atoms with van der Waals surface area (Å²) < 4.78 is 15.9. The number of hydrogen-bond acceptors (Lipinski definition) is 5. The Morgan fingerprint density at radius 1 is 0.967 bits per heavy atom. The van der Waals surface area contributed by atoms with Crippen LogP contribution in [0.4, 0.5) is 15.9 Å². The van der Waals surface area contributed by atoms with E-state index in [9.17, 15) is 4.39 Å². The molecule has 1 fully saturated rings. The molecule has 6 nitrogen and oxygen atoms in total. The molecular weight excluding hydrogens is 403 g/mol. The van der Waals surface area contributed by atoms with Gasteiger partial charge >= 0.3 is 0 Å². The van der Waals surface area contributed by atoms with Crippen molar-refractivity contribution in [3.8, 4) is 5.69 Å². The third-order valence-corrected chi connectivity index (χ3v) is 5.92. The zero-order valence-corrected chi connectivity index (χ0v) is 17.2. The first-order chi connectivity index (χ1) is 14.6. The number of rotatable bonds is 3. The van der Waals surface area contributed by atoms with Gasteiger partial charge in [0.15, 0.2) is 5.65 Å². The summed E-state index contributed by atoms with van der Waals surface area (Å²) in [6.07, 6.45) is 3.36. The molecule has 0 aliphatic carbocycles. The second-order valence-electron chi connectivity index (χ2n) is 7.35. The van der Waals surface area contributed by atoms with Gasteiger partial charge in [0.2, 0.25) is 0 Å². The van der Waals surface area contributed by atoms with Gasteiger partial charge in [-0.25, -0.2) is 19.0 Å². The number of benzene rings is 2. The number of piperazine rings is 1. The molecule has 0 spiro atoms. The first-order valence-corrected chi connectivity index (χ1v) is 10.2. The Morgan fingerprint density at radius 3 is 2.50 bits per heavy atom. The largest absolute Gasteiger partial charge is 0.366 e. The van der Waals surface area contributed by atoms with Gasteiger partial charge in [-0.1, -0.05) is 29.8 Å². The first kappa shape index (κ1) is 18.8.